The van der Waals surface area contributed by atoms with Crippen molar-refractivity contribution in [3.63, 3.8) is 0 Å². The van der Waals surface area contributed by atoms with E-state index in [0.717, 1.165) is 24.1 Å². The lowest BCUT2D eigenvalue weighted by Crippen LogP contribution is -2.31. The van der Waals surface area contributed by atoms with Gasteiger partial charge in [0.25, 0.3) is 5.91 Å². The fraction of sp³-hybridized carbons (Fsp3) is 0.562. The summed E-state index contributed by atoms with van der Waals surface area (Å²) < 4.78 is 0. The second kappa shape index (κ2) is 6.20. The van der Waals surface area contributed by atoms with Crippen molar-refractivity contribution in [1.29, 1.82) is 0 Å². The summed E-state index contributed by atoms with van der Waals surface area (Å²) in [5.41, 5.74) is 7.81. The van der Waals surface area contributed by atoms with Gasteiger partial charge >= 0.3 is 0 Å². The lowest BCUT2D eigenvalue weighted by Gasteiger charge is -2.16. The molecule has 1 aromatic rings. The van der Waals surface area contributed by atoms with E-state index in [9.17, 15) is 4.79 Å². The van der Waals surface area contributed by atoms with Crippen LogP contribution in [0.15, 0.2) is 24.3 Å². The van der Waals surface area contributed by atoms with Crippen LogP contribution in [0.1, 0.15) is 48.5 Å². The van der Waals surface area contributed by atoms with Crippen LogP contribution in [0.3, 0.4) is 0 Å². The van der Waals surface area contributed by atoms with Crippen LogP contribution < -0.4 is 11.1 Å². The van der Waals surface area contributed by atoms with Gasteiger partial charge in [-0.25, -0.2) is 0 Å². The highest BCUT2D eigenvalue weighted by atomic mass is 16.1. The van der Waals surface area contributed by atoms with Gasteiger partial charge in [0.2, 0.25) is 0 Å². The van der Waals surface area contributed by atoms with Crippen LogP contribution in [-0.4, -0.2) is 19.0 Å². The molecule has 0 heterocycles. The molecule has 19 heavy (non-hydrogen) atoms. The smallest absolute Gasteiger partial charge is 0.251 e. The van der Waals surface area contributed by atoms with Crippen molar-refractivity contribution in [2.45, 2.75) is 39.0 Å². The third-order valence-corrected chi connectivity index (χ3v) is 4.04. The highest BCUT2D eigenvalue weighted by Crippen LogP contribution is 2.48. The van der Waals surface area contributed by atoms with Gasteiger partial charge in [-0.05, 0) is 49.3 Å². The van der Waals surface area contributed by atoms with Crippen LogP contribution in [0.4, 0.5) is 0 Å². The summed E-state index contributed by atoms with van der Waals surface area (Å²) in [7, 11) is 0. The first-order valence-electron chi connectivity index (χ1n) is 7.27. The van der Waals surface area contributed by atoms with Gasteiger partial charge < -0.3 is 11.1 Å². The first-order valence-corrected chi connectivity index (χ1v) is 7.27. The van der Waals surface area contributed by atoms with E-state index in [-0.39, 0.29) is 5.91 Å². The summed E-state index contributed by atoms with van der Waals surface area (Å²) in [6, 6.07) is 7.75. The molecule has 0 saturated heterocycles. The summed E-state index contributed by atoms with van der Waals surface area (Å²) in [5.74, 6) is 0.0476. The second-order valence-electron chi connectivity index (χ2n) is 5.63. The minimum Gasteiger partial charge on any atom is -0.351 e. The Hall–Kier alpha value is -1.35. The molecule has 1 aliphatic rings. The van der Waals surface area contributed by atoms with Crippen LogP contribution in [0.2, 0.25) is 0 Å². The van der Waals surface area contributed by atoms with Crippen molar-refractivity contribution in [3.8, 4) is 0 Å². The van der Waals surface area contributed by atoms with E-state index in [2.05, 4.69) is 12.2 Å². The standard InChI is InChI=1S/C16H24N2O/c1-2-8-16(9-10-16)12-18-15(19)14-6-4-3-5-13(14)7-11-17/h3-6H,2,7-12,17H2,1H3,(H,18,19). The molecule has 1 aromatic carbocycles. The largest absolute Gasteiger partial charge is 0.351 e. The predicted molar refractivity (Wildman–Crippen MR) is 78.1 cm³/mol. The zero-order valence-corrected chi connectivity index (χ0v) is 11.7. The average Bonchev–Trinajstić information content (AvgIpc) is 3.18. The number of hydrogen-bond acceptors (Lipinski definition) is 2. The molecule has 1 aliphatic carbocycles. The Morgan fingerprint density at radius 1 is 1.37 bits per heavy atom. The summed E-state index contributed by atoms with van der Waals surface area (Å²) in [6.07, 6.45) is 5.68. The number of carbonyl (C=O) groups is 1. The molecule has 1 amide bonds. The number of nitrogens with one attached hydrogen (secondary N) is 1. The molecule has 2 rings (SSSR count). The Kier molecular flexibility index (Phi) is 4.59. The van der Waals surface area contributed by atoms with Crippen molar-refractivity contribution in [1.82, 2.24) is 5.32 Å². The number of rotatable bonds is 7. The molecule has 0 unspecified atom stereocenters. The number of benzene rings is 1. The van der Waals surface area contributed by atoms with E-state index in [1.165, 1.54) is 25.7 Å². The van der Waals surface area contributed by atoms with Crippen LogP contribution in [0.5, 0.6) is 0 Å². The van der Waals surface area contributed by atoms with E-state index in [1.54, 1.807) is 0 Å². The second-order valence-corrected chi connectivity index (χ2v) is 5.63. The zero-order chi connectivity index (χ0) is 13.7. The monoisotopic (exact) mass is 260 g/mol. The third-order valence-electron chi connectivity index (χ3n) is 4.04. The van der Waals surface area contributed by atoms with Gasteiger partial charge in [-0.1, -0.05) is 31.5 Å². The maximum absolute atomic E-state index is 12.3. The molecule has 0 aromatic heterocycles. The predicted octanol–water partition coefficient (Wildman–Crippen LogP) is 2.50. The normalized spacial score (nSPS) is 16.1. The van der Waals surface area contributed by atoms with Gasteiger partial charge in [0.1, 0.15) is 0 Å². The topological polar surface area (TPSA) is 55.1 Å². The minimum absolute atomic E-state index is 0.0476. The minimum atomic E-state index is 0.0476. The molecular weight excluding hydrogens is 236 g/mol. The Balaban J connectivity index is 1.96. The van der Waals surface area contributed by atoms with Crippen LogP contribution in [-0.2, 0) is 6.42 Å². The molecule has 3 heteroatoms. The van der Waals surface area contributed by atoms with Gasteiger partial charge in [-0.2, -0.15) is 0 Å². The molecule has 1 saturated carbocycles. The fourth-order valence-corrected chi connectivity index (χ4v) is 2.70. The maximum atomic E-state index is 12.3. The molecule has 0 radical (unpaired) electrons. The maximum Gasteiger partial charge on any atom is 0.251 e. The molecule has 0 atom stereocenters. The van der Waals surface area contributed by atoms with Crippen LogP contribution in [0, 0.1) is 5.41 Å². The lowest BCUT2D eigenvalue weighted by atomic mass is 10.00. The van der Waals surface area contributed by atoms with E-state index < -0.39 is 0 Å². The van der Waals surface area contributed by atoms with E-state index in [4.69, 9.17) is 5.73 Å². The number of amides is 1. The summed E-state index contributed by atoms with van der Waals surface area (Å²) in [5, 5.41) is 3.11. The first-order chi connectivity index (χ1) is 9.21. The number of nitrogens with two attached hydrogens (primary N) is 1. The molecule has 0 bridgehead atoms. The highest BCUT2D eigenvalue weighted by Gasteiger charge is 2.41. The molecule has 3 N–H and O–H groups in total. The molecule has 104 valence electrons. The molecule has 0 aliphatic heterocycles. The van der Waals surface area contributed by atoms with Crippen molar-refractivity contribution >= 4 is 5.91 Å². The summed E-state index contributed by atoms with van der Waals surface area (Å²) >= 11 is 0. The zero-order valence-electron chi connectivity index (χ0n) is 11.7. The third kappa shape index (κ3) is 3.57. The Morgan fingerprint density at radius 2 is 2.11 bits per heavy atom. The van der Waals surface area contributed by atoms with Gasteiger partial charge in [-0.3, -0.25) is 4.79 Å². The fourth-order valence-electron chi connectivity index (χ4n) is 2.70. The number of carbonyl (C=O) groups excluding carboxylic acids is 1. The quantitative estimate of drug-likeness (QED) is 0.791. The van der Waals surface area contributed by atoms with Crippen LogP contribution in [0.25, 0.3) is 0 Å². The van der Waals surface area contributed by atoms with Gasteiger partial charge in [-0.15, -0.1) is 0 Å². The lowest BCUT2D eigenvalue weighted by molar-refractivity contribution is 0.0943. The van der Waals surface area contributed by atoms with Crippen molar-refractivity contribution in [2.75, 3.05) is 13.1 Å². The first kappa shape index (κ1) is 14.1. The molecular formula is C16H24N2O. The van der Waals surface area contributed by atoms with Gasteiger partial charge in [0, 0.05) is 12.1 Å². The number of hydrogen-bond donors (Lipinski definition) is 2. The summed E-state index contributed by atoms with van der Waals surface area (Å²) in [4.78, 5) is 12.3. The van der Waals surface area contributed by atoms with Crippen molar-refractivity contribution < 1.29 is 4.79 Å². The van der Waals surface area contributed by atoms with Crippen molar-refractivity contribution in [3.05, 3.63) is 35.4 Å². The van der Waals surface area contributed by atoms with E-state index in [1.807, 2.05) is 24.3 Å². The van der Waals surface area contributed by atoms with Crippen molar-refractivity contribution in [2.24, 2.45) is 11.1 Å². The Morgan fingerprint density at radius 3 is 2.74 bits per heavy atom. The summed E-state index contributed by atoms with van der Waals surface area (Å²) in [6.45, 7) is 3.60. The highest BCUT2D eigenvalue weighted by molar-refractivity contribution is 5.95. The average molecular weight is 260 g/mol. The molecule has 3 nitrogen and oxygen atoms in total. The van der Waals surface area contributed by atoms with E-state index >= 15 is 0 Å². The van der Waals surface area contributed by atoms with Gasteiger partial charge in [0.15, 0.2) is 0 Å². The van der Waals surface area contributed by atoms with Gasteiger partial charge in [0.05, 0.1) is 0 Å². The molecule has 1 fully saturated rings. The molecule has 0 spiro atoms. The SMILES string of the molecule is CCCC1(CNC(=O)c2ccccc2CCN)CC1. The van der Waals surface area contributed by atoms with E-state index in [0.29, 0.717) is 12.0 Å². The Bertz CT molecular complexity index is 438. The van der Waals surface area contributed by atoms with Crippen LogP contribution >= 0.6 is 0 Å². The Labute approximate surface area is 115 Å².